The van der Waals surface area contributed by atoms with E-state index in [1.54, 1.807) is 0 Å². The number of unbranched alkanes of at least 4 members (excludes halogenated alkanes) is 2. The molecule has 15 rings (SSSR count). The first-order valence-corrected chi connectivity index (χ1v) is 29.9. The maximum absolute atomic E-state index is 2.74. The molecular formula is C72H60BN3S2. The lowest BCUT2D eigenvalue weighted by Crippen LogP contribution is -2.61. The van der Waals surface area contributed by atoms with Gasteiger partial charge in [-0.05, 0) is 142 Å². The van der Waals surface area contributed by atoms with Gasteiger partial charge in [0.05, 0.1) is 22.4 Å². The molecular weight excluding hydrogens is 982 g/mol. The van der Waals surface area contributed by atoms with Crippen LogP contribution < -0.4 is 26.2 Å². The molecule has 0 N–H and O–H groups in total. The summed E-state index contributed by atoms with van der Waals surface area (Å²) < 4.78 is 8.02. The fourth-order valence-electron chi connectivity index (χ4n) is 13.4. The predicted molar refractivity (Wildman–Crippen MR) is 342 cm³/mol. The predicted octanol–water partition coefficient (Wildman–Crippen LogP) is 19.3. The van der Waals surface area contributed by atoms with Crippen molar-refractivity contribution in [3.05, 3.63) is 217 Å². The zero-order chi connectivity index (χ0) is 52.4. The Kier molecular flexibility index (Phi) is 11.1. The van der Waals surface area contributed by atoms with Crippen molar-refractivity contribution in [3.63, 3.8) is 0 Å². The highest BCUT2D eigenvalue weighted by Gasteiger charge is 2.45. The van der Waals surface area contributed by atoms with Gasteiger partial charge in [-0.2, -0.15) is 0 Å². The highest BCUT2D eigenvalue weighted by molar-refractivity contribution is 7.26. The molecule has 0 radical (unpaired) electrons. The largest absolute Gasteiger partial charge is 0.311 e. The molecule has 0 unspecified atom stereocenters. The van der Waals surface area contributed by atoms with E-state index in [0.717, 1.165) is 44.2 Å². The Morgan fingerprint density at radius 3 is 1.49 bits per heavy atom. The van der Waals surface area contributed by atoms with Crippen LogP contribution in [0.25, 0.3) is 79.0 Å². The lowest BCUT2D eigenvalue weighted by molar-refractivity contribution is 0.590. The summed E-state index contributed by atoms with van der Waals surface area (Å²) in [5, 5.41) is 7.95. The molecule has 378 valence electrons. The topological polar surface area (TPSA) is 11.4 Å². The zero-order valence-corrected chi connectivity index (χ0v) is 46.7. The average molecular weight is 1040 g/mol. The molecule has 0 aliphatic carbocycles. The molecule has 0 atom stereocenters. The quantitative estimate of drug-likeness (QED) is 0.127. The van der Waals surface area contributed by atoms with Crippen molar-refractivity contribution < 1.29 is 0 Å². The van der Waals surface area contributed by atoms with E-state index in [1.807, 2.05) is 22.7 Å². The molecule has 6 heteroatoms. The molecule has 2 aliphatic rings. The van der Waals surface area contributed by atoms with Crippen molar-refractivity contribution in [2.45, 2.75) is 78.6 Å². The number of nitrogens with zero attached hydrogens (tertiary/aromatic N) is 3. The Hall–Kier alpha value is -7.90. The SMILES string of the molecule is CCCCc1c(N2c3ccc(-c4ccccc4)cc3B3c4ccc(-n5c6ccccc6c6ccccc65)cc4N(c4ccc5c(sc6ccccc65)c4CCCC)c4cc(C(C)(C)C)cc2c43)ccc2c1sc1ccccc12. The number of aryl methyl sites for hydroxylation is 2. The molecule has 0 fully saturated rings. The van der Waals surface area contributed by atoms with Gasteiger partial charge in [0.15, 0.2) is 0 Å². The van der Waals surface area contributed by atoms with Crippen LogP contribution in [0.2, 0.25) is 0 Å². The highest BCUT2D eigenvalue weighted by Crippen LogP contribution is 2.52. The van der Waals surface area contributed by atoms with Crippen LogP contribution in [0.4, 0.5) is 34.1 Å². The van der Waals surface area contributed by atoms with Gasteiger partial charge in [-0.3, -0.25) is 0 Å². The second-order valence-electron chi connectivity index (χ2n) is 22.8. The number of rotatable bonds is 10. The maximum Gasteiger partial charge on any atom is 0.252 e. The van der Waals surface area contributed by atoms with E-state index < -0.39 is 0 Å². The van der Waals surface area contributed by atoms with E-state index in [-0.39, 0.29) is 12.1 Å². The number of thiophene rings is 2. The molecule has 3 aromatic heterocycles. The Labute approximate surface area is 465 Å². The lowest BCUT2D eigenvalue weighted by Gasteiger charge is -2.46. The van der Waals surface area contributed by atoms with Gasteiger partial charge in [-0.15, -0.1) is 22.7 Å². The molecule has 78 heavy (non-hydrogen) atoms. The van der Waals surface area contributed by atoms with Gasteiger partial charge in [0, 0.05) is 79.6 Å². The van der Waals surface area contributed by atoms with E-state index in [4.69, 9.17) is 0 Å². The summed E-state index contributed by atoms with van der Waals surface area (Å²) >= 11 is 3.94. The van der Waals surface area contributed by atoms with Crippen molar-refractivity contribution >= 4 is 142 Å². The first-order valence-electron chi connectivity index (χ1n) is 28.2. The minimum Gasteiger partial charge on any atom is -0.311 e. The number of hydrogen-bond acceptors (Lipinski definition) is 4. The molecule has 0 saturated heterocycles. The van der Waals surface area contributed by atoms with Gasteiger partial charge in [0.2, 0.25) is 0 Å². The van der Waals surface area contributed by atoms with Gasteiger partial charge >= 0.3 is 0 Å². The molecule has 13 aromatic rings. The number of para-hydroxylation sites is 2. The van der Waals surface area contributed by atoms with Crippen LogP contribution in [-0.4, -0.2) is 11.3 Å². The van der Waals surface area contributed by atoms with Gasteiger partial charge in [-0.1, -0.05) is 181 Å². The van der Waals surface area contributed by atoms with Crippen LogP contribution in [-0.2, 0) is 18.3 Å². The fraction of sp³-hybridized carbons (Fsp3) is 0.167. The van der Waals surface area contributed by atoms with Crippen molar-refractivity contribution in [2.24, 2.45) is 0 Å². The van der Waals surface area contributed by atoms with E-state index >= 15 is 0 Å². The molecule has 0 bridgehead atoms. The minimum absolute atomic E-state index is 0.0586. The van der Waals surface area contributed by atoms with Crippen LogP contribution >= 0.6 is 22.7 Å². The second kappa shape index (κ2) is 18.4. The molecule has 2 aliphatic heterocycles. The summed E-state index contributed by atoms with van der Waals surface area (Å²) in [5.74, 6) is 0. The van der Waals surface area contributed by atoms with Crippen LogP contribution in [0.3, 0.4) is 0 Å². The van der Waals surface area contributed by atoms with Gasteiger partial charge < -0.3 is 14.4 Å². The van der Waals surface area contributed by atoms with Gasteiger partial charge in [0.25, 0.3) is 6.71 Å². The average Bonchev–Trinajstić information content (AvgIpc) is 4.20. The summed E-state index contributed by atoms with van der Waals surface area (Å²) in [5.41, 5.74) is 21.7. The number of hydrogen-bond donors (Lipinski definition) is 0. The van der Waals surface area contributed by atoms with Gasteiger partial charge in [0.1, 0.15) is 0 Å². The summed E-state index contributed by atoms with van der Waals surface area (Å²) in [6, 6.07) is 76.8. The highest BCUT2D eigenvalue weighted by atomic mass is 32.1. The van der Waals surface area contributed by atoms with Crippen LogP contribution in [0.15, 0.2) is 200 Å². The van der Waals surface area contributed by atoms with Crippen molar-refractivity contribution in [3.8, 4) is 16.8 Å². The molecule has 3 nitrogen and oxygen atoms in total. The summed E-state index contributed by atoms with van der Waals surface area (Å²) in [6.45, 7) is 11.8. The summed E-state index contributed by atoms with van der Waals surface area (Å²) in [7, 11) is 0. The van der Waals surface area contributed by atoms with Crippen LogP contribution in [0, 0.1) is 0 Å². The molecule has 0 saturated carbocycles. The third kappa shape index (κ3) is 7.22. The van der Waals surface area contributed by atoms with Gasteiger partial charge in [-0.25, -0.2) is 0 Å². The van der Waals surface area contributed by atoms with E-state index in [2.05, 4.69) is 249 Å². The first kappa shape index (κ1) is 47.3. The van der Waals surface area contributed by atoms with Crippen molar-refractivity contribution in [2.75, 3.05) is 9.80 Å². The Morgan fingerprint density at radius 2 is 0.923 bits per heavy atom. The van der Waals surface area contributed by atoms with E-state index in [0.29, 0.717) is 0 Å². The molecule has 0 spiro atoms. The lowest BCUT2D eigenvalue weighted by atomic mass is 9.33. The van der Waals surface area contributed by atoms with Crippen LogP contribution in [0.1, 0.15) is 77.0 Å². The van der Waals surface area contributed by atoms with Crippen molar-refractivity contribution in [1.29, 1.82) is 0 Å². The number of aromatic nitrogens is 1. The monoisotopic (exact) mass is 1040 g/mol. The fourth-order valence-corrected chi connectivity index (χ4v) is 15.9. The molecule has 10 aromatic carbocycles. The van der Waals surface area contributed by atoms with Crippen molar-refractivity contribution in [1.82, 2.24) is 4.57 Å². The first-order chi connectivity index (χ1) is 38.3. The summed E-state index contributed by atoms with van der Waals surface area (Å²) in [4.78, 5) is 5.45. The zero-order valence-electron chi connectivity index (χ0n) is 45.0. The maximum atomic E-state index is 2.74. The molecule has 0 amide bonds. The molecule has 5 heterocycles. The smallest absolute Gasteiger partial charge is 0.252 e. The third-order valence-corrected chi connectivity index (χ3v) is 19.6. The Bertz CT molecular complexity index is 4500. The minimum atomic E-state index is -0.165. The summed E-state index contributed by atoms with van der Waals surface area (Å²) in [6.07, 6.45) is 6.46. The van der Waals surface area contributed by atoms with E-state index in [1.165, 1.54) is 140 Å². The normalized spacial score (nSPS) is 13.2. The van der Waals surface area contributed by atoms with Crippen LogP contribution in [0.5, 0.6) is 0 Å². The second-order valence-corrected chi connectivity index (χ2v) is 24.9. The number of benzene rings is 10. The number of anilines is 6. The van der Waals surface area contributed by atoms with E-state index in [9.17, 15) is 0 Å². The Balaban J connectivity index is 1.08. The Morgan fingerprint density at radius 1 is 0.410 bits per heavy atom. The standard InChI is InChI=1S/C72H60BN3S2/c1-6-8-23-55-61(39-35-53-51-27-15-19-31-67(51)77-70(53)55)75-63-38-33-46(45-21-11-10-12-22-45)41-58(63)73-57-37-34-48(74-59-29-17-13-25-49(59)50-26-14-18-30-60(50)74)44-64(57)76(66-43-47(72(3,4)5)42-65(75)69(66)73)62-40-36-54-52-28-16-20-32-68(52)78-71(54)56(62)24-9-7-2/h10-22,25-44H,6-9,23-24H2,1-5H3. The number of fused-ring (bicyclic) bond motifs is 13. The third-order valence-electron chi connectivity index (χ3n) is 17.2.